The second-order valence-electron chi connectivity index (χ2n) is 4.89. The topological polar surface area (TPSA) is 50.3 Å². The summed E-state index contributed by atoms with van der Waals surface area (Å²) in [6, 6.07) is 0. The Labute approximate surface area is 113 Å². The molecule has 0 spiro atoms. The zero-order valence-corrected chi connectivity index (χ0v) is 12.0. The molecule has 0 saturated carbocycles. The molecule has 1 saturated heterocycles. The van der Waals surface area contributed by atoms with Gasteiger partial charge in [0.1, 0.15) is 5.82 Å². The highest BCUT2D eigenvalue weighted by molar-refractivity contribution is 7.09. The highest BCUT2D eigenvalue weighted by atomic mass is 32.1. The lowest BCUT2D eigenvalue weighted by molar-refractivity contribution is 0.201. The molecule has 0 unspecified atom stereocenters. The fourth-order valence-electron chi connectivity index (χ4n) is 2.12. The maximum atomic E-state index is 5.02. The van der Waals surface area contributed by atoms with Crippen molar-refractivity contribution >= 4 is 16.7 Å². The fourth-order valence-corrected chi connectivity index (χ4v) is 2.74. The molecule has 1 aromatic rings. The molecule has 2 rings (SSSR count). The van der Waals surface area contributed by atoms with Gasteiger partial charge in [0.15, 0.2) is 0 Å². The van der Waals surface area contributed by atoms with Gasteiger partial charge in [0.25, 0.3) is 0 Å². The summed E-state index contributed by atoms with van der Waals surface area (Å²) in [6.07, 6.45) is 3.35. The fraction of sp³-hybridized carbons (Fsp3) is 0.833. The minimum Gasteiger partial charge on any atom is -0.384 e. The van der Waals surface area contributed by atoms with E-state index in [1.807, 2.05) is 0 Å². The summed E-state index contributed by atoms with van der Waals surface area (Å²) in [7, 11) is 3.89. The average molecular weight is 270 g/mol. The van der Waals surface area contributed by atoms with Crippen molar-refractivity contribution in [3.8, 4) is 0 Å². The molecule has 0 aliphatic carbocycles. The Morgan fingerprint density at radius 1 is 1.44 bits per heavy atom. The first kappa shape index (κ1) is 13.7. The van der Waals surface area contributed by atoms with Crippen LogP contribution in [0.2, 0.25) is 0 Å². The third kappa shape index (κ3) is 4.19. The SMILES string of the molecule is COCCc1nsc(NCC2CCN(C)CC2)n1. The number of anilines is 1. The van der Waals surface area contributed by atoms with Gasteiger partial charge in [-0.3, -0.25) is 0 Å². The summed E-state index contributed by atoms with van der Waals surface area (Å²) >= 11 is 1.45. The van der Waals surface area contributed by atoms with Crippen LogP contribution in [0.5, 0.6) is 0 Å². The molecule has 0 aromatic carbocycles. The Hall–Kier alpha value is -0.720. The van der Waals surface area contributed by atoms with Crippen LogP contribution >= 0.6 is 11.5 Å². The molecule has 1 fully saturated rings. The van der Waals surface area contributed by atoms with Gasteiger partial charge < -0.3 is 15.0 Å². The molecule has 0 atom stereocenters. The minimum absolute atomic E-state index is 0.686. The Morgan fingerprint density at radius 3 is 2.94 bits per heavy atom. The summed E-state index contributed by atoms with van der Waals surface area (Å²) in [5.74, 6) is 1.65. The first-order valence-corrected chi connectivity index (χ1v) is 7.29. The van der Waals surface area contributed by atoms with Crippen LogP contribution in [-0.4, -0.2) is 54.7 Å². The van der Waals surface area contributed by atoms with E-state index in [-0.39, 0.29) is 0 Å². The van der Waals surface area contributed by atoms with Crippen LogP contribution in [0.1, 0.15) is 18.7 Å². The number of likely N-dealkylation sites (tertiary alicyclic amines) is 1. The van der Waals surface area contributed by atoms with E-state index >= 15 is 0 Å². The standard InChI is InChI=1S/C12H22N4OS/c1-16-6-3-10(4-7-16)9-13-12-14-11(15-18-12)5-8-17-2/h10H,3-9H2,1-2H3,(H,13,14,15). The highest BCUT2D eigenvalue weighted by Crippen LogP contribution is 2.18. The van der Waals surface area contributed by atoms with Crippen LogP contribution in [-0.2, 0) is 11.2 Å². The maximum Gasteiger partial charge on any atom is 0.202 e. The zero-order valence-electron chi connectivity index (χ0n) is 11.2. The maximum absolute atomic E-state index is 5.02. The van der Waals surface area contributed by atoms with Gasteiger partial charge >= 0.3 is 0 Å². The Kier molecular flexibility index (Phi) is 5.34. The number of aromatic nitrogens is 2. The van der Waals surface area contributed by atoms with E-state index in [4.69, 9.17) is 4.74 Å². The first-order chi connectivity index (χ1) is 8.78. The molecule has 0 bridgehead atoms. The van der Waals surface area contributed by atoms with Gasteiger partial charge in [0.2, 0.25) is 5.13 Å². The quantitative estimate of drug-likeness (QED) is 0.848. The summed E-state index contributed by atoms with van der Waals surface area (Å²) in [6.45, 7) is 4.13. The molecule has 6 heteroatoms. The predicted octanol–water partition coefficient (Wildman–Crippen LogP) is 1.48. The largest absolute Gasteiger partial charge is 0.384 e. The molecule has 18 heavy (non-hydrogen) atoms. The number of rotatable bonds is 6. The Balaban J connectivity index is 1.71. The highest BCUT2D eigenvalue weighted by Gasteiger charge is 2.16. The van der Waals surface area contributed by atoms with Crippen LogP contribution < -0.4 is 5.32 Å². The summed E-state index contributed by atoms with van der Waals surface area (Å²) < 4.78 is 9.33. The molecule has 1 aromatic heterocycles. The van der Waals surface area contributed by atoms with Crippen LogP contribution in [0.3, 0.4) is 0 Å². The molecular formula is C12H22N4OS. The number of nitrogens with one attached hydrogen (secondary N) is 1. The van der Waals surface area contributed by atoms with Gasteiger partial charge in [-0.2, -0.15) is 4.37 Å². The minimum atomic E-state index is 0.686. The number of piperidine rings is 1. The van der Waals surface area contributed by atoms with E-state index in [1.54, 1.807) is 7.11 Å². The number of methoxy groups -OCH3 is 1. The molecule has 0 radical (unpaired) electrons. The lowest BCUT2D eigenvalue weighted by Gasteiger charge is -2.28. The van der Waals surface area contributed by atoms with E-state index in [2.05, 4.69) is 26.6 Å². The number of hydrogen-bond donors (Lipinski definition) is 1. The van der Waals surface area contributed by atoms with Gasteiger partial charge in [-0.05, 0) is 38.9 Å². The third-order valence-corrected chi connectivity index (χ3v) is 4.09. The van der Waals surface area contributed by atoms with Crippen molar-refractivity contribution in [2.45, 2.75) is 19.3 Å². The van der Waals surface area contributed by atoms with E-state index in [9.17, 15) is 0 Å². The van der Waals surface area contributed by atoms with Crippen LogP contribution in [0, 0.1) is 5.92 Å². The molecular weight excluding hydrogens is 248 g/mol. The van der Waals surface area contributed by atoms with Gasteiger partial charge in [-0.1, -0.05) is 0 Å². The van der Waals surface area contributed by atoms with Crippen molar-refractivity contribution in [1.29, 1.82) is 0 Å². The average Bonchev–Trinajstić information content (AvgIpc) is 2.84. The number of ether oxygens (including phenoxy) is 1. The molecule has 0 amide bonds. The smallest absolute Gasteiger partial charge is 0.202 e. The Morgan fingerprint density at radius 2 is 2.22 bits per heavy atom. The van der Waals surface area contributed by atoms with Gasteiger partial charge in [0.05, 0.1) is 6.61 Å². The molecule has 1 aliphatic rings. The van der Waals surface area contributed by atoms with Crippen molar-refractivity contribution in [1.82, 2.24) is 14.3 Å². The second-order valence-corrected chi connectivity index (χ2v) is 5.64. The lowest BCUT2D eigenvalue weighted by atomic mass is 9.97. The first-order valence-electron chi connectivity index (χ1n) is 6.52. The molecule has 5 nitrogen and oxygen atoms in total. The van der Waals surface area contributed by atoms with E-state index in [0.29, 0.717) is 6.61 Å². The van der Waals surface area contributed by atoms with Crippen molar-refractivity contribution in [3.63, 3.8) is 0 Å². The van der Waals surface area contributed by atoms with Gasteiger partial charge in [-0.15, -0.1) is 0 Å². The summed E-state index contributed by atoms with van der Waals surface area (Å²) in [5, 5.41) is 4.36. The number of nitrogens with zero attached hydrogens (tertiary/aromatic N) is 3. The monoisotopic (exact) mass is 270 g/mol. The molecule has 1 aliphatic heterocycles. The van der Waals surface area contributed by atoms with Crippen LogP contribution in [0.15, 0.2) is 0 Å². The second kappa shape index (κ2) is 7.01. The van der Waals surface area contributed by atoms with Crippen molar-refractivity contribution in [2.24, 2.45) is 5.92 Å². The van der Waals surface area contributed by atoms with Crippen molar-refractivity contribution < 1.29 is 4.74 Å². The lowest BCUT2D eigenvalue weighted by Crippen LogP contribution is -2.32. The zero-order chi connectivity index (χ0) is 12.8. The summed E-state index contributed by atoms with van der Waals surface area (Å²) in [4.78, 5) is 6.85. The van der Waals surface area contributed by atoms with Gasteiger partial charge in [0, 0.05) is 31.6 Å². The van der Waals surface area contributed by atoms with Gasteiger partial charge in [-0.25, -0.2) is 4.98 Å². The van der Waals surface area contributed by atoms with E-state index in [1.165, 1.54) is 37.5 Å². The van der Waals surface area contributed by atoms with Crippen LogP contribution in [0.25, 0.3) is 0 Å². The third-order valence-electron chi connectivity index (χ3n) is 3.38. The van der Waals surface area contributed by atoms with Crippen molar-refractivity contribution in [2.75, 3.05) is 45.7 Å². The van der Waals surface area contributed by atoms with E-state index < -0.39 is 0 Å². The molecule has 102 valence electrons. The molecule has 1 N–H and O–H groups in total. The summed E-state index contributed by atoms with van der Waals surface area (Å²) in [5.41, 5.74) is 0. The predicted molar refractivity (Wildman–Crippen MR) is 74.2 cm³/mol. The van der Waals surface area contributed by atoms with Crippen molar-refractivity contribution in [3.05, 3.63) is 5.82 Å². The molecule has 2 heterocycles. The Bertz CT molecular complexity index is 350. The number of hydrogen-bond acceptors (Lipinski definition) is 6. The van der Waals surface area contributed by atoms with Crippen LogP contribution in [0.4, 0.5) is 5.13 Å². The van der Waals surface area contributed by atoms with E-state index in [0.717, 1.165) is 29.8 Å². The normalized spacial score (nSPS) is 18.1.